The molecular weight excluding hydrogens is 443 g/mol. The van der Waals surface area contributed by atoms with Gasteiger partial charge in [-0.1, -0.05) is 43.3 Å². The van der Waals surface area contributed by atoms with Crippen molar-refractivity contribution >= 4 is 29.9 Å². The maximum absolute atomic E-state index is 9.43. The van der Waals surface area contributed by atoms with Crippen molar-refractivity contribution in [3.63, 3.8) is 0 Å². The fourth-order valence-corrected chi connectivity index (χ4v) is 2.68. The fraction of sp³-hybridized carbons (Fsp3) is 0.474. The number of halogens is 1. The minimum absolute atomic E-state index is 0. The lowest BCUT2D eigenvalue weighted by atomic mass is 10.1. The number of hydrogen-bond donors (Lipinski definition) is 3. The number of guanidine groups is 1. The predicted octanol–water partition coefficient (Wildman–Crippen LogP) is 3.17. The third-order valence-corrected chi connectivity index (χ3v) is 4.08. The fourth-order valence-electron chi connectivity index (χ4n) is 2.68. The van der Waals surface area contributed by atoms with Crippen LogP contribution in [0.5, 0.6) is 0 Å². The number of nitrogens with zero attached hydrogens (tertiary/aromatic N) is 2. The molecule has 6 nitrogen and oxygen atoms in total. The molecule has 0 saturated carbocycles. The molecule has 0 aliphatic heterocycles. The zero-order chi connectivity index (χ0) is 18.1. The monoisotopic (exact) mass is 472 g/mol. The molecule has 7 heteroatoms. The summed E-state index contributed by atoms with van der Waals surface area (Å²) in [5, 5.41) is 20.2. The zero-order valence-electron chi connectivity index (χ0n) is 15.7. The Morgan fingerprint density at radius 3 is 2.46 bits per heavy atom. The SMILES string of the molecule is CCNC(=NCc1ccccc1CO)NCc1c(CC)noc1CC.I. The molecule has 2 aromatic rings. The zero-order valence-corrected chi connectivity index (χ0v) is 18.0. The Morgan fingerprint density at radius 2 is 1.85 bits per heavy atom. The minimum Gasteiger partial charge on any atom is -0.392 e. The Balaban J connectivity index is 0.00000338. The van der Waals surface area contributed by atoms with Crippen LogP contribution in [0.2, 0.25) is 0 Å². The number of aliphatic hydroxyl groups is 1. The lowest BCUT2D eigenvalue weighted by Crippen LogP contribution is -2.37. The summed E-state index contributed by atoms with van der Waals surface area (Å²) in [6, 6.07) is 7.79. The van der Waals surface area contributed by atoms with Gasteiger partial charge in [-0.3, -0.25) is 0 Å². The molecule has 0 unspecified atom stereocenters. The first-order valence-corrected chi connectivity index (χ1v) is 8.89. The van der Waals surface area contributed by atoms with E-state index in [9.17, 15) is 5.11 Å². The molecule has 2 rings (SSSR count). The number of nitrogens with one attached hydrogen (secondary N) is 2. The number of rotatable bonds is 8. The molecule has 0 spiro atoms. The van der Waals surface area contributed by atoms with Crippen LogP contribution >= 0.6 is 24.0 Å². The highest BCUT2D eigenvalue weighted by Gasteiger charge is 2.13. The van der Waals surface area contributed by atoms with E-state index in [4.69, 9.17) is 4.52 Å². The maximum Gasteiger partial charge on any atom is 0.191 e. The standard InChI is InChI=1S/C19H28N4O2.HI/c1-4-17-16(18(5-2)25-23-17)12-22-19(20-6-3)21-11-14-9-7-8-10-15(14)13-24;/h7-10,24H,4-6,11-13H2,1-3H3,(H2,20,21,22);1H. The molecule has 0 saturated heterocycles. The average Bonchev–Trinajstić information content (AvgIpc) is 3.06. The Bertz CT molecular complexity index is 679. The topological polar surface area (TPSA) is 82.7 Å². The second kappa shape index (κ2) is 11.9. The highest BCUT2D eigenvalue weighted by Crippen LogP contribution is 2.15. The van der Waals surface area contributed by atoms with Crippen molar-refractivity contribution in [3.8, 4) is 0 Å². The molecule has 0 atom stereocenters. The molecule has 1 heterocycles. The molecule has 0 bridgehead atoms. The third-order valence-electron chi connectivity index (χ3n) is 4.08. The van der Waals surface area contributed by atoms with Crippen LogP contribution in [0.1, 0.15) is 48.9 Å². The number of aliphatic hydroxyl groups excluding tert-OH is 1. The number of aryl methyl sites for hydroxylation is 2. The Hall–Kier alpha value is -1.61. The van der Waals surface area contributed by atoms with Gasteiger partial charge in [-0.2, -0.15) is 0 Å². The molecule has 0 fully saturated rings. The molecule has 0 aliphatic carbocycles. The number of hydrogen-bond acceptors (Lipinski definition) is 4. The lowest BCUT2D eigenvalue weighted by molar-refractivity contribution is 0.280. The van der Waals surface area contributed by atoms with Crippen LogP contribution in [0.15, 0.2) is 33.8 Å². The highest BCUT2D eigenvalue weighted by molar-refractivity contribution is 14.0. The lowest BCUT2D eigenvalue weighted by Gasteiger charge is -2.12. The first-order valence-electron chi connectivity index (χ1n) is 8.89. The van der Waals surface area contributed by atoms with Crippen LogP contribution in [-0.2, 0) is 32.5 Å². The van der Waals surface area contributed by atoms with Gasteiger partial charge in [0.15, 0.2) is 5.96 Å². The number of aromatic nitrogens is 1. The van der Waals surface area contributed by atoms with E-state index in [0.717, 1.165) is 53.5 Å². The van der Waals surface area contributed by atoms with E-state index in [1.807, 2.05) is 31.2 Å². The first kappa shape index (κ1) is 22.4. The van der Waals surface area contributed by atoms with Crippen LogP contribution in [0.25, 0.3) is 0 Å². The summed E-state index contributed by atoms with van der Waals surface area (Å²) in [6.07, 6.45) is 1.67. The molecule has 0 radical (unpaired) electrons. The van der Waals surface area contributed by atoms with Gasteiger partial charge in [-0.25, -0.2) is 4.99 Å². The third kappa shape index (κ3) is 5.98. The summed E-state index contributed by atoms with van der Waals surface area (Å²) in [5.41, 5.74) is 4.04. The molecule has 0 aliphatic rings. The Labute approximate surface area is 172 Å². The minimum atomic E-state index is 0. The van der Waals surface area contributed by atoms with Crippen molar-refractivity contribution in [2.45, 2.75) is 53.3 Å². The quantitative estimate of drug-likeness (QED) is 0.313. The van der Waals surface area contributed by atoms with Gasteiger partial charge >= 0.3 is 0 Å². The van der Waals surface area contributed by atoms with Gasteiger partial charge < -0.3 is 20.3 Å². The summed E-state index contributed by atoms with van der Waals surface area (Å²) in [5.74, 6) is 1.66. The molecular formula is C19H29IN4O2. The maximum atomic E-state index is 9.43. The second-order valence-electron chi connectivity index (χ2n) is 5.71. The molecule has 1 aromatic heterocycles. The largest absolute Gasteiger partial charge is 0.392 e. The molecule has 1 aromatic carbocycles. The van der Waals surface area contributed by atoms with Crippen LogP contribution < -0.4 is 10.6 Å². The Kier molecular flexibility index (Phi) is 10.3. The van der Waals surface area contributed by atoms with Crippen molar-refractivity contribution in [2.24, 2.45) is 4.99 Å². The van der Waals surface area contributed by atoms with Gasteiger partial charge in [-0.05, 0) is 24.5 Å². The van der Waals surface area contributed by atoms with E-state index in [2.05, 4.69) is 34.6 Å². The van der Waals surface area contributed by atoms with E-state index in [1.54, 1.807) is 0 Å². The van der Waals surface area contributed by atoms with E-state index >= 15 is 0 Å². The molecule has 3 N–H and O–H groups in total. The van der Waals surface area contributed by atoms with Crippen LogP contribution in [0.4, 0.5) is 0 Å². The van der Waals surface area contributed by atoms with E-state index in [0.29, 0.717) is 13.1 Å². The van der Waals surface area contributed by atoms with Crippen LogP contribution in [-0.4, -0.2) is 22.8 Å². The van der Waals surface area contributed by atoms with Gasteiger partial charge in [0.25, 0.3) is 0 Å². The summed E-state index contributed by atoms with van der Waals surface area (Å²) < 4.78 is 5.41. The van der Waals surface area contributed by atoms with Crippen molar-refractivity contribution in [1.82, 2.24) is 15.8 Å². The summed E-state index contributed by atoms with van der Waals surface area (Å²) >= 11 is 0. The van der Waals surface area contributed by atoms with E-state index in [1.165, 1.54) is 0 Å². The summed E-state index contributed by atoms with van der Waals surface area (Å²) in [4.78, 5) is 4.64. The molecule has 144 valence electrons. The van der Waals surface area contributed by atoms with E-state index in [-0.39, 0.29) is 30.6 Å². The Morgan fingerprint density at radius 1 is 1.12 bits per heavy atom. The van der Waals surface area contributed by atoms with Crippen LogP contribution in [0.3, 0.4) is 0 Å². The normalized spacial score (nSPS) is 11.2. The first-order chi connectivity index (χ1) is 12.2. The summed E-state index contributed by atoms with van der Waals surface area (Å²) in [7, 11) is 0. The van der Waals surface area contributed by atoms with Gasteiger partial charge in [0.1, 0.15) is 5.76 Å². The second-order valence-corrected chi connectivity index (χ2v) is 5.71. The van der Waals surface area contributed by atoms with Gasteiger partial charge in [-0.15, -0.1) is 24.0 Å². The average molecular weight is 472 g/mol. The van der Waals surface area contributed by atoms with Crippen molar-refractivity contribution < 1.29 is 9.63 Å². The highest BCUT2D eigenvalue weighted by atomic mass is 127. The van der Waals surface area contributed by atoms with Gasteiger partial charge in [0.05, 0.1) is 18.8 Å². The van der Waals surface area contributed by atoms with Crippen LogP contribution in [0, 0.1) is 0 Å². The predicted molar refractivity (Wildman–Crippen MR) is 115 cm³/mol. The van der Waals surface area contributed by atoms with Gasteiger partial charge in [0.2, 0.25) is 0 Å². The van der Waals surface area contributed by atoms with Crippen molar-refractivity contribution in [1.29, 1.82) is 0 Å². The molecule has 0 amide bonds. The molecule has 26 heavy (non-hydrogen) atoms. The summed E-state index contributed by atoms with van der Waals surface area (Å²) in [6.45, 7) is 8.11. The van der Waals surface area contributed by atoms with Gasteiger partial charge in [0, 0.05) is 25.1 Å². The van der Waals surface area contributed by atoms with E-state index < -0.39 is 0 Å². The van der Waals surface area contributed by atoms with Crippen molar-refractivity contribution in [3.05, 3.63) is 52.4 Å². The number of aliphatic imine (C=N–C) groups is 1. The number of benzene rings is 1. The van der Waals surface area contributed by atoms with Crippen molar-refractivity contribution in [2.75, 3.05) is 6.54 Å². The smallest absolute Gasteiger partial charge is 0.191 e.